The van der Waals surface area contributed by atoms with Gasteiger partial charge in [0.2, 0.25) is 0 Å². The minimum absolute atomic E-state index is 0.110. The Morgan fingerprint density at radius 3 is 2.53 bits per heavy atom. The van der Waals surface area contributed by atoms with E-state index < -0.39 is 15.9 Å². The summed E-state index contributed by atoms with van der Waals surface area (Å²) in [6.45, 7) is 13.3. The summed E-state index contributed by atoms with van der Waals surface area (Å²) in [5.74, 6) is 0.967. The lowest BCUT2D eigenvalue weighted by molar-refractivity contribution is 0.0981. The van der Waals surface area contributed by atoms with Crippen LogP contribution in [0.2, 0.25) is 0 Å². The van der Waals surface area contributed by atoms with Gasteiger partial charge in [0.15, 0.2) is 5.03 Å². The Hall–Kier alpha value is -2.68. The average molecular weight is 460 g/mol. The number of amides is 1. The average Bonchev–Trinajstić information content (AvgIpc) is 3.00. The third-order valence-electron chi connectivity index (χ3n) is 6.58. The molecule has 32 heavy (non-hydrogen) atoms. The largest absolute Gasteiger partial charge is 0.367 e. The number of rotatable bonds is 7. The molecular formula is C23H33N5O3S. The van der Waals surface area contributed by atoms with Gasteiger partial charge in [0.25, 0.3) is 15.9 Å². The molecule has 0 aromatic carbocycles. The van der Waals surface area contributed by atoms with Crippen molar-refractivity contribution in [3.8, 4) is 0 Å². The zero-order valence-electron chi connectivity index (χ0n) is 19.6. The van der Waals surface area contributed by atoms with E-state index in [1.165, 1.54) is 6.07 Å². The molecule has 0 spiro atoms. The summed E-state index contributed by atoms with van der Waals surface area (Å²) in [6.07, 6.45) is 2.59. The lowest BCUT2D eigenvalue weighted by Gasteiger charge is -2.36. The van der Waals surface area contributed by atoms with Crippen LogP contribution in [0.4, 0.5) is 11.6 Å². The topological polar surface area (TPSA) is 104 Å². The summed E-state index contributed by atoms with van der Waals surface area (Å²) in [6, 6.07) is 8.02. The van der Waals surface area contributed by atoms with E-state index in [9.17, 15) is 13.2 Å². The first kappa shape index (κ1) is 24.0. The molecule has 0 aliphatic carbocycles. The predicted molar refractivity (Wildman–Crippen MR) is 126 cm³/mol. The normalized spacial score (nSPS) is 19.1. The number of carbonyl (C=O) groups is 1. The Morgan fingerprint density at radius 2 is 1.91 bits per heavy atom. The quantitative estimate of drug-likeness (QED) is 0.651. The third kappa shape index (κ3) is 4.87. The summed E-state index contributed by atoms with van der Waals surface area (Å²) in [4.78, 5) is 23.8. The molecule has 3 rings (SSSR count). The van der Waals surface area contributed by atoms with E-state index in [2.05, 4.69) is 59.5 Å². The summed E-state index contributed by atoms with van der Waals surface area (Å²) >= 11 is 0. The molecule has 1 unspecified atom stereocenters. The lowest BCUT2D eigenvalue weighted by atomic mass is 9.90. The Balaban J connectivity index is 1.85. The third-order valence-corrected chi connectivity index (χ3v) is 7.81. The summed E-state index contributed by atoms with van der Waals surface area (Å²) < 4.78 is 28.1. The second-order valence-corrected chi connectivity index (χ2v) is 11.0. The SMILES string of the molecule is CC(C)[C@@H](C)Nc1cccc(S(=O)(=O)NC(=O)c2cccnc2N2CCC(C)C2(C)C)n1. The maximum atomic E-state index is 13.1. The van der Waals surface area contributed by atoms with E-state index >= 15 is 0 Å². The van der Waals surface area contributed by atoms with Crippen molar-refractivity contribution in [1.29, 1.82) is 0 Å². The number of hydrogen-bond donors (Lipinski definition) is 2. The molecule has 2 N–H and O–H groups in total. The molecule has 1 fully saturated rings. The number of nitrogens with one attached hydrogen (secondary N) is 2. The number of nitrogens with zero attached hydrogens (tertiary/aromatic N) is 3. The number of carbonyl (C=O) groups excluding carboxylic acids is 1. The summed E-state index contributed by atoms with van der Waals surface area (Å²) in [7, 11) is -4.16. The van der Waals surface area contributed by atoms with Gasteiger partial charge in [0.1, 0.15) is 11.6 Å². The van der Waals surface area contributed by atoms with Crippen LogP contribution in [0.1, 0.15) is 58.3 Å². The number of hydrogen-bond acceptors (Lipinski definition) is 7. The smallest absolute Gasteiger partial charge is 0.281 e. The van der Waals surface area contributed by atoms with E-state index in [-0.39, 0.29) is 22.2 Å². The van der Waals surface area contributed by atoms with Gasteiger partial charge in [-0.1, -0.05) is 26.8 Å². The Labute approximate surface area is 190 Å². The number of pyridine rings is 2. The molecule has 8 nitrogen and oxygen atoms in total. The van der Waals surface area contributed by atoms with E-state index in [1.54, 1.807) is 30.5 Å². The molecular weight excluding hydrogens is 426 g/mol. The highest BCUT2D eigenvalue weighted by Gasteiger charge is 2.40. The van der Waals surface area contributed by atoms with Gasteiger partial charge in [-0.2, -0.15) is 8.42 Å². The molecule has 1 aliphatic heterocycles. The standard InChI is InChI=1S/C23H33N5O3S/c1-15(2)17(4)25-19-10-7-11-20(26-19)32(30,31)27-22(29)18-9-8-13-24-21(18)28-14-12-16(3)23(28,5)6/h7-11,13,15-17H,12,14H2,1-6H3,(H,25,26)(H,27,29)/t16?,17-/m1/s1. The summed E-state index contributed by atoms with van der Waals surface area (Å²) in [5, 5.41) is 2.98. The van der Waals surface area contributed by atoms with Crippen molar-refractivity contribution >= 4 is 27.6 Å². The predicted octanol–water partition coefficient (Wildman–Crippen LogP) is 3.68. The molecule has 1 aliphatic rings. The number of anilines is 2. The van der Waals surface area contributed by atoms with Crippen LogP contribution in [0.5, 0.6) is 0 Å². The van der Waals surface area contributed by atoms with Crippen LogP contribution in [-0.2, 0) is 10.0 Å². The van der Waals surface area contributed by atoms with Crippen LogP contribution < -0.4 is 14.9 Å². The zero-order valence-corrected chi connectivity index (χ0v) is 20.4. The minimum Gasteiger partial charge on any atom is -0.367 e. The van der Waals surface area contributed by atoms with Crippen LogP contribution >= 0.6 is 0 Å². The molecule has 0 saturated carbocycles. The van der Waals surface area contributed by atoms with Gasteiger partial charge in [-0.05, 0) is 63.3 Å². The minimum atomic E-state index is -4.16. The fourth-order valence-corrected chi connectivity index (χ4v) is 4.61. The summed E-state index contributed by atoms with van der Waals surface area (Å²) in [5.41, 5.74) is 0.0256. The van der Waals surface area contributed by atoms with Crippen molar-refractivity contribution in [2.24, 2.45) is 11.8 Å². The first-order chi connectivity index (χ1) is 14.9. The van der Waals surface area contributed by atoms with Crippen LogP contribution in [0.25, 0.3) is 0 Å². The molecule has 9 heteroatoms. The van der Waals surface area contributed by atoms with Gasteiger partial charge >= 0.3 is 0 Å². The van der Waals surface area contributed by atoms with Crippen molar-refractivity contribution in [1.82, 2.24) is 14.7 Å². The van der Waals surface area contributed by atoms with Crippen molar-refractivity contribution in [3.05, 3.63) is 42.1 Å². The fraction of sp³-hybridized carbons (Fsp3) is 0.522. The molecule has 0 radical (unpaired) electrons. The molecule has 0 bridgehead atoms. The van der Waals surface area contributed by atoms with Gasteiger partial charge < -0.3 is 10.2 Å². The Morgan fingerprint density at radius 1 is 1.19 bits per heavy atom. The molecule has 2 aromatic rings. The first-order valence-electron chi connectivity index (χ1n) is 11.0. The lowest BCUT2D eigenvalue weighted by Crippen LogP contribution is -2.43. The molecule has 174 valence electrons. The molecule has 3 heterocycles. The monoisotopic (exact) mass is 459 g/mol. The van der Waals surface area contributed by atoms with E-state index in [0.717, 1.165) is 13.0 Å². The van der Waals surface area contributed by atoms with Gasteiger partial charge in [-0.25, -0.2) is 14.7 Å². The maximum Gasteiger partial charge on any atom is 0.281 e. The number of aromatic nitrogens is 2. The van der Waals surface area contributed by atoms with Crippen LogP contribution in [-0.4, -0.2) is 42.4 Å². The first-order valence-corrected chi connectivity index (χ1v) is 12.4. The molecule has 1 saturated heterocycles. The second kappa shape index (κ2) is 9.05. The van der Waals surface area contributed by atoms with E-state index in [1.807, 2.05) is 6.92 Å². The van der Waals surface area contributed by atoms with Crippen LogP contribution in [0.3, 0.4) is 0 Å². The Kier molecular flexibility index (Phi) is 6.78. The zero-order chi connectivity index (χ0) is 23.7. The molecule has 1 amide bonds. The maximum absolute atomic E-state index is 13.1. The fourth-order valence-electron chi connectivity index (χ4n) is 3.67. The molecule has 2 atom stereocenters. The Bertz CT molecular complexity index is 1080. The van der Waals surface area contributed by atoms with E-state index in [0.29, 0.717) is 23.5 Å². The van der Waals surface area contributed by atoms with Crippen LogP contribution in [0.15, 0.2) is 41.6 Å². The van der Waals surface area contributed by atoms with Gasteiger partial charge in [0.05, 0.1) is 5.56 Å². The van der Waals surface area contributed by atoms with Crippen LogP contribution in [0, 0.1) is 11.8 Å². The highest BCUT2D eigenvalue weighted by molar-refractivity contribution is 7.90. The van der Waals surface area contributed by atoms with Gasteiger partial charge in [0, 0.05) is 24.3 Å². The van der Waals surface area contributed by atoms with Crippen molar-refractivity contribution < 1.29 is 13.2 Å². The second-order valence-electron chi connectivity index (χ2n) is 9.34. The van der Waals surface area contributed by atoms with Crippen molar-refractivity contribution in [2.75, 3.05) is 16.8 Å². The molecule has 2 aromatic heterocycles. The van der Waals surface area contributed by atoms with E-state index in [4.69, 9.17) is 0 Å². The van der Waals surface area contributed by atoms with Gasteiger partial charge in [-0.3, -0.25) is 4.79 Å². The van der Waals surface area contributed by atoms with Crippen molar-refractivity contribution in [3.63, 3.8) is 0 Å². The van der Waals surface area contributed by atoms with Gasteiger partial charge in [-0.15, -0.1) is 0 Å². The highest BCUT2D eigenvalue weighted by atomic mass is 32.2. The highest BCUT2D eigenvalue weighted by Crippen LogP contribution is 2.38. The number of sulfonamides is 1. The van der Waals surface area contributed by atoms with Crippen molar-refractivity contribution in [2.45, 2.75) is 64.6 Å².